The largest absolute Gasteiger partial charge is 0.242 e. The summed E-state index contributed by atoms with van der Waals surface area (Å²) in [6.07, 6.45) is 7.75. The van der Waals surface area contributed by atoms with Gasteiger partial charge in [0.1, 0.15) is 0 Å². The molecule has 0 unspecified atom stereocenters. The predicted molar refractivity (Wildman–Crippen MR) is 64.3 cm³/mol. The molecule has 0 fully saturated rings. The maximum Gasteiger partial charge on any atom is 0.238 e. The number of rotatable bonds is 7. The van der Waals surface area contributed by atoms with Crippen molar-refractivity contribution in [2.24, 2.45) is 0 Å². The van der Waals surface area contributed by atoms with Crippen LogP contribution >= 0.6 is 12.2 Å². The Morgan fingerprint density at radius 3 is 2.47 bits per heavy atom. The van der Waals surface area contributed by atoms with Crippen molar-refractivity contribution < 1.29 is 0 Å². The molecule has 4 nitrogen and oxygen atoms in total. The molecule has 0 aliphatic carbocycles. The first kappa shape index (κ1) is 15.3. The summed E-state index contributed by atoms with van der Waals surface area (Å²) in [5.74, 6) is 0. The molecule has 1 aromatic rings. The van der Waals surface area contributed by atoms with Gasteiger partial charge in [0.2, 0.25) is 4.77 Å². The molecule has 0 bridgehead atoms. The Hall–Kier alpha value is 0.290. The zero-order valence-corrected chi connectivity index (χ0v) is 12.5. The summed E-state index contributed by atoms with van der Waals surface area (Å²) in [5, 5.41) is 10.1. The summed E-state index contributed by atoms with van der Waals surface area (Å²) in [6, 6.07) is 0. The Morgan fingerprint density at radius 1 is 1.20 bits per heavy atom. The zero-order chi connectivity index (χ0) is 10.2. The fourth-order valence-corrected chi connectivity index (χ4v) is 1.58. The second kappa shape index (κ2) is 9.51. The normalized spacial score (nSPS) is 9.93. The minimum atomic E-state index is 0. The SMILES string of the molecule is CCCCCCCCn1[nH]nnc1=S.[Na]. The van der Waals surface area contributed by atoms with Crippen LogP contribution in [0.1, 0.15) is 45.4 Å². The van der Waals surface area contributed by atoms with Gasteiger partial charge < -0.3 is 0 Å². The number of tetrazole rings is 1. The molecule has 0 aromatic carbocycles. The minimum Gasteiger partial charge on any atom is -0.242 e. The van der Waals surface area contributed by atoms with Crippen molar-refractivity contribution in [3.05, 3.63) is 4.77 Å². The van der Waals surface area contributed by atoms with E-state index in [1.54, 1.807) is 0 Å². The van der Waals surface area contributed by atoms with Crippen molar-refractivity contribution in [2.75, 3.05) is 0 Å². The van der Waals surface area contributed by atoms with Crippen LogP contribution in [0.3, 0.4) is 0 Å². The van der Waals surface area contributed by atoms with E-state index in [1.807, 2.05) is 4.68 Å². The second-order valence-corrected chi connectivity index (χ2v) is 3.87. The van der Waals surface area contributed by atoms with Gasteiger partial charge in [-0.25, -0.2) is 4.68 Å². The quantitative estimate of drug-likeness (QED) is 0.450. The van der Waals surface area contributed by atoms with Gasteiger partial charge in [-0.2, -0.15) is 5.21 Å². The van der Waals surface area contributed by atoms with Gasteiger partial charge in [-0.15, -0.1) is 0 Å². The van der Waals surface area contributed by atoms with E-state index in [9.17, 15) is 0 Å². The Morgan fingerprint density at radius 2 is 1.87 bits per heavy atom. The molecule has 0 aliphatic rings. The standard InChI is InChI=1S/C9H18N4S.Na/c1-2-3-4-5-6-7-8-13-9(14)10-11-12-13;/h2-8H2,1H3,(H,10,12,14);. The zero-order valence-electron chi connectivity index (χ0n) is 9.70. The molecule has 0 saturated heterocycles. The van der Waals surface area contributed by atoms with E-state index in [-0.39, 0.29) is 29.6 Å². The molecule has 1 aromatic heterocycles. The number of nitrogens with zero attached hydrogens (tertiary/aromatic N) is 3. The molecule has 0 amide bonds. The van der Waals surface area contributed by atoms with Crippen molar-refractivity contribution >= 4 is 41.8 Å². The van der Waals surface area contributed by atoms with Crippen LogP contribution in [0.15, 0.2) is 0 Å². The molecule has 81 valence electrons. The monoisotopic (exact) mass is 237 g/mol. The summed E-state index contributed by atoms with van der Waals surface area (Å²) >= 11 is 4.96. The van der Waals surface area contributed by atoms with Gasteiger partial charge in [-0.1, -0.05) is 49.3 Å². The van der Waals surface area contributed by atoms with Crippen molar-refractivity contribution in [1.82, 2.24) is 20.2 Å². The molecule has 0 spiro atoms. The first-order valence-electron chi connectivity index (χ1n) is 5.32. The topological polar surface area (TPSA) is 46.5 Å². The molecular formula is C9H18N4NaS. The van der Waals surface area contributed by atoms with Crippen molar-refractivity contribution in [3.63, 3.8) is 0 Å². The number of aromatic amines is 1. The molecule has 0 aliphatic heterocycles. The van der Waals surface area contributed by atoms with Crippen molar-refractivity contribution in [1.29, 1.82) is 0 Å². The summed E-state index contributed by atoms with van der Waals surface area (Å²) in [7, 11) is 0. The van der Waals surface area contributed by atoms with Gasteiger partial charge in [0.15, 0.2) is 0 Å². The Labute approximate surface area is 118 Å². The minimum absolute atomic E-state index is 0. The Bertz CT molecular complexity index is 296. The molecule has 0 atom stereocenters. The maximum absolute atomic E-state index is 4.96. The van der Waals surface area contributed by atoms with E-state index in [4.69, 9.17) is 12.2 Å². The van der Waals surface area contributed by atoms with Crippen molar-refractivity contribution in [3.8, 4) is 0 Å². The van der Waals surface area contributed by atoms with Gasteiger partial charge in [-0.3, -0.25) is 0 Å². The van der Waals surface area contributed by atoms with Crippen LogP contribution in [0.25, 0.3) is 0 Å². The van der Waals surface area contributed by atoms with Crippen LogP contribution in [0, 0.1) is 4.77 Å². The number of H-pyrrole nitrogens is 1. The molecule has 6 heteroatoms. The van der Waals surface area contributed by atoms with Crippen LogP contribution in [0.4, 0.5) is 0 Å². The average molecular weight is 237 g/mol. The molecule has 0 saturated carbocycles. The van der Waals surface area contributed by atoms with Gasteiger partial charge in [0.25, 0.3) is 0 Å². The number of hydrogen-bond acceptors (Lipinski definition) is 3. The van der Waals surface area contributed by atoms with Gasteiger partial charge >= 0.3 is 0 Å². The number of nitrogens with one attached hydrogen (secondary N) is 1. The molecule has 1 rings (SSSR count). The average Bonchev–Trinajstić information content (AvgIpc) is 2.58. The predicted octanol–water partition coefficient (Wildman–Crippen LogP) is 2.32. The van der Waals surface area contributed by atoms with E-state index in [2.05, 4.69) is 22.4 Å². The summed E-state index contributed by atoms with van der Waals surface area (Å²) in [6.45, 7) is 3.15. The fourth-order valence-electron chi connectivity index (χ4n) is 1.41. The first-order valence-corrected chi connectivity index (χ1v) is 5.73. The third-order valence-corrected chi connectivity index (χ3v) is 2.57. The second-order valence-electron chi connectivity index (χ2n) is 3.50. The first-order chi connectivity index (χ1) is 6.84. The number of aryl methyl sites for hydroxylation is 1. The van der Waals surface area contributed by atoms with E-state index < -0.39 is 0 Å². The third-order valence-electron chi connectivity index (χ3n) is 2.27. The smallest absolute Gasteiger partial charge is 0.238 e. The molecule has 1 N–H and O–H groups in total. The van der Waals surface area contributed by atoms with Gasteiger partial charge in [0.05, 0.1) is 0 Å². The van der Waals surface area contributed by atoms with E-state index in [0.29, 0.717) is 4.77 Å². The molecule has 1 heterocycles. The number of hydrogen-bond donors (Lipinski definition) is 1. The van der Waals surface area contributed by atoms with Crippen LogP contribution in [-0.4, -0.2) is 49.8 Å². The summed E-state index contributed by atoms with van der Waals surface area (Å²) in [5.41, 5.74) is 0. The van der Waals surface area contributed by atoms with Crippen LogP contribution in [-0.2, 0) is 6.54 Å². The maximum atomic E-state index is 4.96. The Balaban J connectivity index is 0.00000196. The molecule has 1 radical (unpaired) electrons. The summed E-state index contributed by atoms with van der Waals surface area (Å²) in [4.78, 5) is 0. The molecular weight excluding hydrogens is 219 g/mol. The third kappa shape index (κ3) is 6.45. The van der Waals surface area contributed by atoms with E-state index in [1.165, 1.54) is 32.1 Å². The van der Waals surface area contributed by atoms with E-state index >= 15 is 0 Å². The number of aromatic nitrogens is 4. The number of unbranched alkanes of at least 4 members (excludes halogenated alkanes) is 5. The Kier molecular flexibility index (Phi) is 9.70. The van der Waals surface area contributed by atoms with Gasteiger partial charge in [-0.05, 0) is 18.6 Å². The summed E-state index contributed by atoms with van der Waals surface area (Å²) < 4.78 is 2.37. The van der Waals surface area contributed by atoms with Crippen LogP contribution in [0.2, 0.25) is 0 Å². The van der Waals surface area contributed by atoms with Crippen molar-refractivity contribution in [2.45, 2.75) is 52.0 Å². The fraction of sp³-hybridized carbons (Fsp3) is 0.889. The van der Waals surface area contributed by atoms with Crippen LogP contribution < -0.4 is 0 Å². The van der Waals surface area contributed by atoms with Gasteiger partial charge in [0, 0.05) is 36.1 Å². The van der Waals surface area contributed by atoms with Crippen LogP contribution in [0.5, 0.6) is 0 Å². The van der Waals surface area contributed by atoms with E-state index in [0.717, 1.165) is 13.0 Å². The molecule has 15 heavy (non-hydrogen) atoms.